The third kappa shape index (κ3) is 8.18. The van der Waals surface area contributed by atoms with Gasteiger partial charge in [0.15, 0.2) is 0 Å². The van der Waals surface area contributed by atoms with Crippen LogP contribution >= 0.6 is 0 Å². The molecule has 0 bridgehead atoms. The summed E-state index contributed by atoms with van der Waals surface area (Å²) in [4.78, 5) is 16.9. The smallest absolute Gasteiger partial charge is 0.319 e. The average Bonchev–Trinajstić information content (AvgIpc) is 2.81. The molecule has 1 aliphatic heterocycles. The van der Waals surface area contributed by atoms with Crippen molar-refractivity contribution in [3.8, 4) is 0 Å². The van der Waals surface area contributed by atoms with E-state index in [2.05, 4.69) is 46.6 Å². The fourth-order valence-electron chi connectivity index (χ4n) is 3.80. The lowest BCUT2D eigenvalue weighted by Crippen LogP contribution is -2.40. The molecule has 5 N–H and O–H groups in total. The molecule has 0 radical (unpaired) electrons. The van der Waals surface area contributed by atoms with Crippen LogP contribution in [0, 0.1) is 0 Å². The zero-order chi connectivity index (χ0) is 23.5. The number of benzene rings is 1. The Morgan fingerprint density at radius 2 is 1.97 bits per heavy atom. The highest BCUT2D eigenvalue weighted by Crippen LogP contribution is 2.20. The van der Waals surface area contributed by atoms with E-state index < -0.39 is 6.04 Å². The number of para-hydroxylation sites is 1. The Labute approximate surface area is 196 Å². The summed E-state index contributed by atoms with van der Waals surface area (Å²) in [5.74, 6) is 0.980. The summed E-state index contributed by atoms with van der Waals surface area (Å²) in [6.07, 6.45) is 6.68. The minimum Gasteiger partial charge on any atom is -0.511 e. The third-order valence-electron chi connectivity index (χ3n) is 5.66. The molecule has 1 aromatic heterocycles. The number of urea groups is 1. The normalized spacial score (nSPS) is 13.2. The largest absolute Gasteiger partial charge is 0.511 e. The maximum atomic E-state index is 12.2. The number of carbonyl (C=O) groups is 1. The van der Waals surface area contributed by atoms with E-state index in [-0.39, 0.29) is 11.8 Å². The molecule has 3 rings (SSSR count). The van der Waals surface area contributed by atoms with Crippen molar-refractivity contribution in [1.82, 2.24) is 15.6 Å². The second-order valence-corrected chi connectivity index (χ2v) is 8.38. The van der Waals surface area contributed by atoms with Crippen LogP contribution in [0.4, 0.5) is 16.3 Å². The average molecular weight is 450 g/mol. The summed E-state index contributed by atoms with van der Waals surface area (Å²) in [5, 5.41) is 22.0. The number of fused-ring (bicyclic) bond motifs is 1. The molecule has 7 heteroatoms. The molecule has 176 valence electrons. The number of aryl methyl sites for hydroxylation is 2. The van der Waals surface area contributed by atoms with Gasteiger partial charge >= 0.3 is 6.03 Å². The lowest BCUT2D eigenvalue weighted by molar-refractivity contribution is 0.244. The van der Waals surface area contributed by atoms with Gasteiger partial charge in [-0.05, 0) is 68.7 Å². The summed E-state index contributed by atoms with van der Waals surface area (Å²) in [5.41, 5.74) is 4.08. The van der Waals surface area contributed by atoms with Gasteiger partial charge in [0.05, 0.1) is 6.04 Å². The summed E-state index contributed by atoms with van der Waals surface area (Å²) in [7, 11) is 0. The molecular formula is C26H35N5O2. The van der Waals surface area contributed by atoms with Crippen LogP contribution in [0.3, 0.4) is 0 Å². The zero-order valence-corrected chi connectivity index (χ0v) is 19.2. The first-order chi connectivity index (χ1) is 16.0. The van der Waals surface area contributed by atoms with Gasteiger partial charge < -0.3 is 26.4 Å². The van der Waals surface area contributed by atoms with Crippen molar-refractivity contribution < 1.29 is 9.90 Å². The van der Waals surface area contributed by atoms with E-state index in [1.807, 2.05) is 18.2 Å². The minimum atomic E-state index is -0.544. The zero-order valence-electron chi connectivity index (χ0n) is 19.2. The van der Waals surface area contributed by atoms with Gasteiger partial charge in [-0.1, -0.05) is 37.4 Å². The molecule has 0 spiro atoms. The lowest BCUT2D eigenvalue weighted by Gasteiger charge is -2.19. The molecular weight excluding hydrogens is 414 g/mol. The molecule has 2 heterocycles. The Bertz CT molecular complexity index is 945. The highest BCUT2D eigenvalue weighted by molar-refractivity contribution is 5.89. The van der Waals surface area contributed by atoms with Crippen LogP contribution < -0.4 is 21.3 Å². The number of aromatic nitrogens is 1. The number of nitrogens with one attached hydrogen (secondary N) is 4. The van der Waals surface area contributed by atoms with E-state index in [0.717, 1.165) is 55.9 Å². The predicted molar refractivity (Wildman–Crippen MR) is 135 cm³/mol. The maximum absolute atomic E-state index is 12.2. The van der Waals surface area contributed by atoms with Crippen molar-refractivity contribution in [2.24, 2.45) is 0 Å². The van der Waals surface area contributed by atoms with Gasteiger partial charge in [-0.15, -0.1) is 0 Å². The fourth-order valence-corrected chi connectivity index (χ4v) is 3.80. The quantitative estimate of drug-likeness (QED) is 0.234. The maximum Gasteiger partial charge on any atom is 0.319 e. The van der Waals surface area contributed by atoms with Crippen LogP contribution in [0.25, 0.3) is 0 Å². The minimum absolute atomic E-state index is 0.0716. The number of nitrogens with zero attached hydrogens (tertiary/aromatic N) is 1. The van der Waals surface area contributed by atoms with Crippen molar-refractivity contribution in [2.75, 3.05) is 23.7 Å². The molecule has 7 nitrogen and oxygen atoms in total. The van der Waals surface area contributed by atoms with Gasteiger partial charge in [0.1, 0.15) is 11.6 Å². The monoisotopic (exact) mass is 449 g/mol. The van der Waals surface area contributed by atoms with E-state index >= 15 is 0 Å². The Morgan fingerprint density at radius 1 is 1.15 bits per heavy atom. The first kappa shape index (κ1) is 24.2. The SMILES string of the molecule is C=C(CCCCc1ccc2c(n1)NCCC2)NCCC(NC(=O)Nc1ccccc1)C(=C)O. The molecule has 1 aromatic carbocycles. The van der Waals surface area contributed by atoms with E-state index in [1.54, 1.807) is 12.1 Å². The molecule has 1 atom stereocenters. The van der Waals surface area contributed by atoms with Crippen molar-refractivity contribution in [3.05, 3.63) is 78.3 Å². The topological polar surface area (TPSA) is 98.3 Å². The van der Waals surface area contributed by atoms with Gasteiger partial charge in [0, 0.05) is 30.2 Å². The molecule has 0 aliphatic carbocycles. The Balaban J connectivity index is 1.31. The molecule has 33 heavy (non-hydrogen) atoms. The number of amides is 2. The van der Waals surface area contributed by atoms with E-state index in [0.29, 0.717) is 18.7 Å². The molecule has 0 fully saturated rings. The number of rotatable bonds is 12. The van der Waals surface area contributed by atoms with Crippen LogP contribution in [0.15, 0.2) is 67.1 Å². The van der Waals surface area contributed by atoms with Crippen molar-refractivity contribution >= 4 is 17.5 Å². The van der Waals surface area contributed by atoms with Crippen LogP contribution in [-0.2, 0) is 12.8 Å². The Hall–Kier alpha value is -3.48. The van der Waals surface area contributed by atoms with Gasteiger partial charge in [0.25, 0.3) is 0 Å². The molecule has 1 unspecified atom stereocenters. The molecule has 2 aromatic rings. The number of carbonyl (C=O) groups excluding carboxylic acids is 1. The summed E-state index contributed by atoms with van der Waals surface area (Å²) in [6.45, 7) is 9.26. The lowest BCUT2D eigenvalue weighted by atomic mass is 10.1. The highest BCUT2D eigenvalue weighted by Gasteiger charge is 2.15. The number of hydrogen-bond donors (Lipinski definition) is 5. The van der Waals surface area contributed by atoms with E-state index in [4.69, 9.17) is 4.98 Å². The number of allylic oxidation sites excluding steroid dienone is 1. The summed E-state index contributed by atoms with van der Waals surface area (Å²) >= 11 is 0. The van der Waals surface area contributed by atoms with Gasteiger partial charge in [-0.3, -0.25) is 0 Å². The number of pyridine rings is 1. The van der Waals surface area contributed by atoms with Gasteiger partial charge in [-0.25, -0.2) is 9.78 Å². The van der Waals surface area contributed by atoms with Crippen molar-refractivity contribution in [3.63, 3.8) is 0 Å². The van der Waals surface area contributed by atoms with Crippen molar-refractivity contribution in [2.45, 2.75) is 51.0 Å². The van der Waals surface area contributed by atoms with Crippen LogP contribution in [0.5, 0.6) is 0 Å². The van der Waals surface area contributed by atoms with Gasteiger partial charge in [-0.2, -0.15) is 0 Å². The summed E-state index contributed by atoms with van der Waals surface area (Å²) < 4.78 is 0. The fraction of sp³-hybridized carbons (Fsp3) is 0.385. The molecule has 0 saturated carbocycles. The van der Waals surface area contributed by atoms with E-state index in [1.165, 1.54) is 12.0 Å². The second-order valence-electron chi connectivity index (χ2n) is 8.38. The van der Waals surface area contributed by atoms with Crippen LogP contribution in [-0.4, -0.2) is 35.3 Å². The number of aliphatic hydroxyl groups is 1. The summed E-state index contributed by atoms with van der Waals surface area (Å²) in [6, 6.07) is 12.6. The number of hydrogen-bond acceptors (Lipinski definition) is 5. The van der Waals surface area contributed by atoms with Gasteiger partial charge in [0.2, 0.25) is 0 Å². The number of aliphatic hydroxyl groups excluding tert-OH is 1. The molecule has 2 amide bonds. The van der Waals surface area contributed by atoms with Crippen LogP contribution in [0.1, 0.15) is 43.4 Å². The molecule has 1 aliphatic rings. The van der Waals surface area contributed by atoms with E-state index in [9.17, 15) is 9.90 Å². The van der Waals surface area contributed by atoms with Crippen LogP contribution in [0.2, 0.25) is 0 Å². The Morgan fingerprint density at radius 3 is 2.76 bits per heavy atom. The highest BCUT2D eigenvalue weighted by atomic mass is 16.3. The first-order valence-electron chi connectivity index (χ1n) is 11.7. The van der Waals surface area contributed by atoms with Crippen molar-refractivity contribution in [1.29, 1.82) is 0 Å². The third-order valence-corrected chi connectivity index (χ3v) is 5.66. The first-order valence-corrected chi connectivity index (χ1v) is 11.7. The predicted octanol–water partition coefficient (Wildman–Crippen LogP) is 4.91. The Kier molecular flexibility index (Phi) is 9.18. The molecule has 0 saturated heterocycles. The number of anilines is 2. The second kappa shape index (κ2) is 12.5. The standard InChI is InChI=1S/C26H35N5O2/c1-19(9-6-7-13-23-15-14-21-10-8-17-28-25(21)29-23)27-18-16-24(20(2)32)31-26(33)30-22-11-4-3-5-12-22/h3-5,11-12,14-15,24,27,32H,1-2,6-10,13,16-18H2,(H,28,29)(H2,30,31,33). The number of unbranched alkanes of at least 4 members (excludes halogenated alkanes) is 1.